The minimum atomic E-state index is -3.44. The van der Waals surface area contributed by atoms with E-state index in [9.17, 15) is 4.57 Å². The summed E-state index contributed by atoms with van der Waals surface area (Å²) in [6.45, 7) is 8.20. The molecule has 17 heavy (non-hydrogen) atoms. The van der Waals surface area contributed by atoms with Crippen LogP contribution in [0.25, 0.3) is 0 Å². The van der Waals surface area contributed by atoms with Crippen LogP contribution in [0.2, 0.25) is 0 Å². The van der Waals surface area contributed by atoms with Crippen LogP contribution in [-0.4, -0.2) is 17.7 Å². The Labute approximate surface area is 105 Å². The van der Waals surface area contributed by atoms with Crippen LogP contribution in [-0.2, 0) is 14.1 Å². The van der Waals surface area contributed by atoms with Crippen LogP contribution in [0.3, 0.4) is 0 Å². The molecule has 4 nitrogen and oxygen atoms in total. The van der Waals surface area contributed by atoms with Gasteiger partial charge in [-0.05, 0) is 19.8 Å². The normalized spacial score (nSPS) is 14.2. The summed E-state index contributed by atoms with van der Waals surface area (Å²) in [6, 6.07) is 0. The molecule has 0 aromatic rings. The van der Waals surface area contributed by atoms with Gasteiger partial charge in [-0.3, -0.25) is 4.57 Å². The van der Waals surface area contributed by atoms with Crippen molar-refractivity contribution >= 4 is 7.60 Å². The van der Waals surface area contributed by atoms with E-state index in [1.165, 1.54) is 0 Å². The Morgan fingerprint density at radius 2 is 1.88 bits per heavy atom. The Balaban J connectivity index is 0. The third kappa shape index (κ3) is 18.4. The Morgan fingerprint density at radius 1 is 1.24 bits per heavy atom. The van der Waals surface area contributed by atoms with Gasteiger partial charge >= 0.3 is 7.60 Å². The predicted octanol–water partition coefficient (Wildman–Crippen LogP) is 4.30. The van der Waals surface area contributed by atoms with Gasteiger partial charge in [0.15, 0.2) is 0 Å². The zero-order chi connectivity index (χ0) is 13.6. The summed E-state index contributed by atoms with van der Waals surface area (Å²) in [5.41, 5.74) is 0. The van der Waals surface area contributed by atoms with Gasteiger partial charge in [-0.15, -0.1) is 4.67 Å². The average Bonchev–Trinajstić information content (AvgIpc) is 2.31. The minimum Gasteiger partial charge on any atom is -0.323 e. The van der Waals surface area contributed by atoms with Crippen LogP contribution in [0.15, 0.2) is 12.2 Å². The minimum absolute atomic E-state index is 0.0841. The monoisotopic (exact) mass is 266 g/mol. The van der Waals surface area contributed by atoms with E-state index in [4.69, 9.17) is 4.89 Å². The summed E-state index contributed by atoms with van der Waals surface area (Å²) in [5, 5.41) is 0. The van der Waals surface area contributed by atoms with Gasteiger partial charge in [0.2, 0.25) is 0 Å². The summed E-state index contributed by atoms with van der Waals surface area (Å²) in [4.78, 5) is 13.5. The molecule has 1 atom stereocenters. The SMILES string of the molecule is CC=CCC.CCCCCOOP(=O)(O)CC. The van der Waals surface area contributed by atoms with Crippen LogP contribution in [0.4, 0.5) is 0 Å². The van der Waals surface area contributed by atoms with Crippen molar-refractivity contribution in [3.05, 3.63) is 12.2 Å². The molecule has 0 spiro atoms. The third-order valence-electron chi connectivity index (χ3n) is 1.87. The van der Waals surface area contributed by atoms with Crippen LogP contribution in [0.1, 0.15) is 53.4 Å². The summed E-state index contributed by atoms with van der Waals surface area (Å²) < 4.78 is 15.2. The van der Waals surface area contributed by atoms with Crippen molar-refractivity contribution in [3.63, 3.8) is 0 Å². The molecule has 0 aromatic carbocycles. The van der Waals surface area contributed by atoms with Gasteiger partial charge in [-0.25, -0.2) is 4.89 Å². The van der Waals surface area contributed by atoms with Crippen LogP contribution in [0, 0.1) is 0 Å². The zero-order valence-corrected chi connectivity index (χ0v) is 12.4. The highest BCUT2D eigenvalue weighted by Crippen LogP contribution is 2.41. The lowest BCUT2D eigenvalue weighted by Gasteiger charge is -2.07. The summed E-state index contributed by atoms with van der Waals surface area (Å²) in [6.07, 6.45) is 8.43. The second-order valence-electron chi connectivity index (χ2n) is 3.53. The molecule has 0 fully saturated rings. The molecule has 0 aliphatic carbocycles. The molecule has 0 saturated heterocycles. The average molecular weight is 266 g/mol. The Morgan fingerprint density at radius 3 is 2.24 bits per heavy atom. The number of unbranched alkanes of at least 4 members (excludes halogenated alkanes) is 2. The Bertz CT molecular complexity index is 217. The molecule has 0 saturated carbocycles. The van der Waals surface area contributed by atoms with Crippen molar-refractivity contribution in [1.29, 1.82) is 0 Å². The van der Waals surface area contributed by atoms with E-state index in [0.717, 1.165) is 25.7 Å². The van der Waals surface area contributed by atoms with Gasteiger partial charge in [-0.1, -0.05) is 45.8 Å². The third-order valence-corrected chi connectivity index (χ3v) is 3.01. The second kappa shape index (κ2) is 13.9. The highest BCUT2D eigenvalue weighted by Gasteiger charge is 2.16. The van der Waals surface area contributed by atoms with E-state index in [0.29, 0.717) is 6.61 Å². The van der Waals surface area contributed by atoms with Gasteiger partial charge in [0.05, 0.1) is 6.61 Å². The van der Waals surface area contributed by atoms with Gasteiger partial charge in [0.25, 0.3) is 0 Å². The first-order chi connectivity index (χ1) is 8.04. The molecule has 0 aliphatic heterocycles. The number of allylic oxidation sites excluding steroid dienone is 2. The first kappa shape index (κ1) is 19.2. The Kier molecular flexibility index (Phi) is 15.7. The summed E-state index contributed by atoms with van der Waals surface area (Å²) in [5.74, 6) is 0. The van der Waals surface area contributed by atoms with Gasteiger partial charge < -0.3 is 4.89 Å². The first-order valence-electron chi connectivity index (χ1n) is 6.28. The number of hydrogen-bond acceptors (Lipinski definition) is 3. The molecule has 1 N–H and O–H groups in total. The standard InChI is InChI=1S/C7H17O4P.C5H10/c1-3-5-6-7-10-11-12(8,9)4-2;1-3-5-4-2/h3-7H2,1-2H3,(H,8,9);3,5H,4H2,1-2H3. The molecular weight excluding hydrogens is 239 g/mol. The molecule has 5 heteroatoms. The fourth-order valence-corrected chi connectivity index (χ4v) is 1.16. The van der Waals surface area contributed by atoms with Crippen molar-refractivity contribution in [2.75, 3.05) is 12.8 Å². The van der Waals surface area contributed by atoms with E-state index in [-0.39, 0.29) is 6.16 Å². The van der Waals surface area contributed by atoms with Crippen LogP contribution in [0.5, 0.6) is 0 Å². The van der Waals surface area contributed by atoms with Gasteiger partial charge in [-0.2, -0.15) is 0 Å². The lowest BCUT2D eigenvalue weighted by molar-refractivity contribution is -0.213. The second-order valence-corrected chi connectivity index (χ2v) is 5.59. The van der Waals surface area contributed by atoms with Crippen molar-refractivity contribution in [1.82, 2.24) is 0 Å². The van der Waals surface area contributed by atoms with E-state index in [1.807, 2.05) is 6.92 Å². The topological polar surface area (TPSA) is 55.8 Å². The smallest absolute Gasteiger partial charge is 0.323 e. The van der Waals surface area contributed by atoms with Crippen LogP contribution >= 0.6 is 7.60 Å². The first-order valence-corrected chi connectivity index (χ1v) is 8.04. The van der Waals surface area contributed by atoms with Gasteiger partial charge in [0.1, 0.15) is 0 Å². The maximum absolute atomic E-state index is 10.8. The van der Waals surface area contributed by atoms with E-state index < -0.39 is 7.60 Å². The zero-order valence-electron chi connectivity index (χ0n) is 11.5. The van der Waals surface area contributed by atoms with Gasteiger partial charge in [0, 0.05) is 6.16 Å². The largest absolute Gasteiger partial charge is 0.355 e. The highest BCUT2D eigenvalue weighted by molar-refractivity contribution is 7.52. The number of hydrogen-bond donors (Lipinski definition) is 1. The molecule has 0 bridgehead atoms. The highest BCUT2D eigenvalue weighted by atomic mass is 31.2. The molecule has 0 aromatic heterocycles. The summed E-state index contributed by atoms with van der Waals surface area (Å²) >= 11 is 0. The maximum atomic E-state index is 10.8. The van der Waals surface area contributed by atoms with E-state index >= 15 is 0 Å². The maximum Gasteiger partial charge on any atom is 0.355 e. The fraction of sp³-hybridized carbons (Fsp3) is 0.833. The Hall–Kier alpha value is -0.150. The van der Waals surface area contributed by atoms with Crippen molar-refractivity contribution in [2.24, 2.45) is 0 Å². The molecule has 0 radical (unpaired) electrons. The molecule has 1 unspecified atom stereocenters. The predicted molar refractivity (Wildman–Crippen MR) is 72.0 cm³/mol. The molecule has 0 heterocycles. The lowest BCUT2D eigenvalue weighted by atomic mass is 10.3. The lowest BCUT2D eigenvalue weighted by Crippen LogP contribution is -1.96. The van der Waals surface area contributed by atoms with Crippen molar-refractivity contribution < 1.29 is 19.0 Å². The van der Waals surface area contributed by atoms with Crippen molar-refractivity contribution in [2.45, 2.75) is 53.4 Å². The molecular formula is C12H27O4P. The summed E-state index contributed by atoms with van der Waals surface area (Å²) in [7, 11) is -3.44. The van der Waals surface area contributed by atoms with Crippen LogP contribution < -0.4 is 0 Å². The molecule has 0 rings (SSSR count). The molecule has 104 valence electrons. The molecule has 0 aliphatic rings. The number of rotatable bonds is 8. The fourth-order valence-electron chi connectivity index (χ4n) is 0.819. The quantitative estimate of drug-likeness (QED) is 0.234. The molecule has 0 amide bonds. The van der Waals surface area contributed by atoms with E-state index in [1.54, 1.807) is 6.92 Å². The van der Waals surface area contributed by atoms with Crippen molar-refractivity contribution in [3.8, 4) is 0 Å². The van der Waals surface area contributed by atoms with E-state index in [2.05, 4.69) is 35.6 Å².